The zero-order valence-electron chi connectivity index (χ0n) is 8.89. The topological polar surface area (TPSA) is 49.3 Å². The molecular weight excluding hydrogens is 242 g/mol. The van der Waals surface area contributed by atoms with Crippen molar-refractivity contribution in [3.05, 3.63) is 22.4 Å². The van der Waals surface area contributed by atoms with Gasteiger partial charge in [0.15, 0.2) is 0 Å². The molecule has 0 saturated carbocycles. The number of thioether (sulfide) groups is 1. The molecule has 0 radical (unpaired) electrons. The van der Waals surface area contributed by atoms with E-state index in [0.29, 0.717) is 6.54 Å². The molecule has 0 spiro atoms. The lowest BCUT2D eigenvalue weighted by atomic mass is 10.1. The molecule has 1 amide bonds. The van der Waals surface area contributed by atoms with Crippen LogP contribution in [0.5, 0.6) is 0 Å². The maximum atomic E-state index is 11.7. The van der Waals surface area contributed by atoms with Crippen molar-refractivity contribution in [3.63, 3.8) is 0 Å². The first kappa shape index (κ1) is 12.0. The van der Waals surface area contributed by atoms with Crippen LogP contribution < -0.4 is 5.32 Å². The van der Waals surface area contributed by atoms with Crippen molar-refractivity contribution in [1.29, 1.82) is 0 Å². The largest absolute Gasteiger partial charge is 0.387 e. The van der Waals surface area contributed by atoms with Crippen molar-refractivity contribution in [2.45, 2.75) is 12.5 Å². The van der Waals surface area contributed by atoms with E-state index in [9.17, 15) is 9.90 Å². The fourth-order valence-corrected chi connectivity index (χ4v) is 3.59. The Morgan fingerprint density at radius 2 is 2.56 bits per heavy atom. The Bertz CT molecular complexity index is 334. The minimum absolute atomic E-state index is 0.0827. The van der Waals surface area contributed by atoms with Gasteiger partial charge in [-0.15, -0.1) is 0 Å². The van der Waals surface area contributed by atoms with Crippen LogP contribution in [0.2, 0.25) is 0 Å². The lowest BCUT2D eigenvalue weighted by molar-refractivity contribution is -0.124. The normalized spacial score (nSPS) is 21.9. The van der Waals surface area contributed by atoms with Crippen LogP contribution in [0.4, 0.5) is 0 Å². The fourth-order valence-electron chi connectivity index (χ4n) is 1.67. The smallest absolute Gasteiger partial charge is 0.224 e. The van der Waals surface area contributed by atoms with Crippen LogP contribution in [-0.2, 0) is 4.79 Å². The molecule has 2 rings (SSSR count). The molecule has 1 aliphatic heterocycles. The van der Waals surface area contributed by atoms with Crippen molar-refractivity contribution in [2.75, 3.05) is 18.1 Å². The molecule has 5 heteroatoms. The van der Waals surface area contributed by atoms with Crippen molar-refractivity contribution in [1.82, 2.24) is 5.32 Å². The van der Waals surface area contributed by atoms with Gasteiger partial charge in [-0.25, -0.2) is 0 Å². The second-order valence-electron chi connectivity index (χ2n) is 3.88. The van der Waals surface area contributed by atoms with E-state index >= 15 is 0 Å². The predicted octanol–water partition coefficient (Wildman–Crippen LogP) is 1.65. The molecule has 2 atom stereocenters. The second kappa shape index (κ2) is 5.70. The Labute approximate surface area is 103 Å². The molecule has 1 aromatic heterocycles. The monoisotopic (exact) mass is 257 g/mol. The van der Waals surface area contributed by atoms with Crippen LogP contribution in [0, 0.1) is 5.92 Å². The van der Waals surface area contributed by atoms with Crippen molar-refractivity contribution < 1.29 is 9.90 Å². The molecule has 2 N–H and O–H groups in total. The molecule has 0 aromatic carbocycles. The number of aliphatic hydroxyl groups is 1. The van der Waals surface area contributed by atoms with Gasteiger partial charge < -0.3 is 10.4 Å². The number of hydrogen-bond donors (Lipinski definition) is 2. The number of thiophene rings is 1. The molecule has 1 aliphatic rings. The molecule has 2 unspecified atom stereocenters. The summed E-state index contributed by atoms with van der Waals surface area (Å²) in [7, 11) is 0. The SMILES string of the molecule is O=C(NCC(O)c1ccsc1)C1CCSC1. The molecule has 16 heavy (non-hydrogen) atoms. The van der Waals surface area contributed by atoms with Gasteiger partial charge in [-0.05, 0) is 34.6 Å². The highest BCUT2D eigenvalue weighted by Crippen LogP contribution is 2.23. The van der Waals surface area contributed by atoms with Crippen molar-refractivity contribution in [2.24, 2.45) is 5.92 Å². The minimum Gasteiger partial charge on any atom is -0.387 e. The third-order valence-corrected chi connectivity index (χ3v) is 4.56. The second-order valence-corrected chi connectivity index (χ2v) is 5.81. The summed E-state index contributed by atoms with van der Waals surface area (Å²) in [6, 6.07) is 1.88. The van der Waals surface area contributed by atoms with E-state index in [1.165, 1.54) is 0 Å². The van der Waals surface area contributed by atoms with Gasteiger partial charge in [-0.3, -0.25) is 4.79 Å². The zero-order valence-corrected chi connectivity index (χ0v) is 10.5. The summed E-state index contributed by atoms with van der Waals surface area (Å²) in [5, 5.41) is 16.4. The quantitative estimate of drug-likeness (QED) is 0.862. The predicted molar refractivity (Wildman–Crippen MR) is 67.7 cm³/mol. The fraction of sp³-hybridized carbons (Fsp3) is 0.545. The standard InChI is InChI=1S/C11H15NO2S2/c13-10(8-1-3-15-6-8)5-12-11(14)9-2-4-16-7-9/h1,3,6,9-10,13H,2,4-5,7H2,(H,12,14). The third kappa shape index (κ3) is 2.99. The lowest BCUT2D eigenvalue weighted by Crippen LogP contribution is -2.33. The Hall–Kier alpha value is -0.520. The van der Waals surface area contributed by atoms with Crippen LogP contribution in [0.1, 0.15) is 18.1 Å². The van der Waals surface area contributed by atoms with E-state index < -0.39 is 6.10 Å². The van der Waals surface area contributed by atoms with Gasteiger partial charge in [0.05, 0.1) is 6.10 Å². The van der Waals surface area contributed by atoms with Crippen LogP contribution in [0.3, 0.4) is 0 Å². The summed E-state index contributed by atoms with van der Waals surface area (Å²) in [6.45, 7) is 0.316. The highest BCUT2D eigenvalue weighted by Gasteiger charge is 2.23. The van der Waals surface area contributed by atoms with Gasteiger partial charge in [0.1, 0.15) is 0 Å². The number of hydrogen-bond acceptors (Lipinski definition) is 4. The Morgan fingerprint density at radius 1 is 1.69 bits per heavy atom. The molecule has 88 valence electrons. The Balaban J connectivity index is 1.76. The molecule has 1 fully saturated rings. The van der Waals surface area contributed by atoms with Gasteiger partial charge in [0.25, 0.3) is 0 Å². The number of aliphatic hydroxyl groups excluding tert-OH is 1. The summed E-state index contributed by atoms with van der Waals surface area (Å²) in [5.74, 6) is 2.21. The zero-order chi connectivity index (χ0) is 11.4. The highest BCUT2D eigenvalue weighted by molar-refractivity contribution is 7.99. The number of amides is 1. The Morgan fingerprint density at radius 3 is 3.19 bits per heavy atom. The first-order valence-corrected chi connectivity index (χ1v) is 7.42. The van der Waals surface area contributed by atoms with Gasteiger partial charge in [0.2, 0.25) is 5.91 Å². The highest BCUT2D eigenvalue weighted by atomic mass is 32.2. The number of rotatable bonds is 4. The number of carbonyl (C=O) groups is 1. The summed E-state index contributed by atoms with van der Waals surface area (Å²) >= 11 is 3.37. The molecule has 1 aromatic rings. The maximum absolute atomic E-state index is 11.7. The van der Waals surface area contributed by atoms with E-state index in [-0.39, 0.29) is 11.8 Å². The summed E-state index contributed by atoms with van der Waals surface area (Å²) in [6.07, 6.45) is 0.384. The van der Waals surface area contributed by atoms with E-state index in [1.807, 2.05) is 28.6 Å². The molecular formula is C11H15NO2S2. The molecule has 1 saturated heterocycles. The van der Waals surface area contributed by atoms with Crippen molar-refractivity contribution >= 4 is 29.0 Å². The lowest BCUT2D eigenvalue weighted by Gasteiger charge is -2.13. The van der Waals surface area contributed by atoms with Gasteiger partial charge in [0, 0.05) is 18.2 Å². The number of nitrogens with one attached hydrogen (secondary N) is 1. The van der Waals surface area contributed by atoms with E-state index in [1.54, 1.807) is 11.3 Å². The summed E-state index contributed by atoms with van der Waals surface area (Å²) in [5.41, 5.74) is 0.881. The average molecular weight is 257 g/mol. The molecule has 3 nitrogen and oxygen atoms in total. The third-order valence-electron chi connectivity index (χ3n) is 2.70. The molecule has 0 aliphatic carbocycles. The molecule has 2 heterocycles. The average Bonchev–Trinajstić information content (AvgIpc) is 2.95. The van der Waals surface area contributed by atoms with Crippen LogP contribution in [0.15, 0.2) is 16.8 Å². The van der Waals surface area contributed by atoms with Crippen LogP contribution >= 0.6 is 23.1 Å². The minimum atomic E-state index is -0.579. The first-order chi connectivity index (χ1) is 7.77. The van der Waals surface area contributed by atoms with Crippen LogP contribution in [0.25, 0.3) is 0 Å². The van der Waals surface area contributed by atoms with Crippen molar-refractivity contribution in [3.8, 4) is 0 Å². The van der Waals surface area contributed by atoms with Gasteiger partial charge >= 0.3 is 0 Å². The van der Waals surface area contributed by atoms with E-state index in [4.69, 9.17) is 0 Å². The maximum Gasteiger partial charge on any atom is 0.224 e. The Kier molecular flexibility index (Phi) is 4.26. The van der Waals surface area contributed by atoms with Gasteiger partial charge in [-0.1, -0.05) is 0 Å². The first-order valence-electron chi connectivity index (χ1n) is 5.33. The molecule has 0 bridgehead atoms. The van der Waals surface area contributed by atoms with E-state index in [0.717, 1.165) is 23.5 Å². The van der Waals surface area contributed by atoms with Crippen LogP contribution in [-0.4, -0.2) is 29.1 Å². The number of carbonyl (C=O) groups excluding carboxylic acids is 1. The summed E-state index contributed by atoms with van der Waals surface area (Å²) < 4.78 is 0. The van der Waals surface area contributed by atoms with Gasteiger partial charge in [-0.2, -0.15) is 23.1 Å². The summed E-state index contributed by atoms with van der Waals surface area (Å²) in [4.78, 5) is 11.7. The van der Waals surface area contributed by atoms with E-state index in [2.05, 4.69) is 5.32 Å².